The van der Waals surface area contributed by atoms with Gasteiger partial charge in [-0.15, -0.1) is 0 Å². The van der Waals surface area contributed by atoms with Crippen LogP contribution in [0, 0.1) is 36.5 Å². The summed E-state index contributed by atoms with van der Waals surface area (Å²) >= 11 is 0. The number of hydrogen-bond donors (Lipinski definition) is 1. The third kappa shape index (κ3) is 3.98. The molecule has 0 bridgehead atoms. The van der Waals surface area contributed by atoms with Crippen molar-refractivity contribution in [2.24, 2.45) is 5.41 Å². The summed E-state index contributed by atoms with van der Waals surface area (Å²) in [7, 11) is 0. The van der Waals surface area contributed by atoms with Gasteiger partial charge in [-0.05, 0) is 45.4 Å². The first-order valence-corrected chi connectivity index (χ1v) is 6.19. The lowest BCUT2D eigenvalue weighted by atomic mass is 9.77. The van der Waals surface area contributed by atoms with Gasteiger partial charge in [0, 0.05) is 5.92 Å². The van der Waals surface area contributed by atoms with Gasteiger partial charge < -0.3 is 9.84 Å². The van der Waals surface area contributed by atoms with E-state index in [-0.39, 0.29) is 11.4 Å². The molecule has 0 spiro atoms. The summed E-state index contributed by atoms with van der Waals surface area (Å²) in [5.41, 5.74) is -0.844. The third-order valence-corrected chi connectivity index (χ3v) is 2.58. The second-order valence-corrected chi connectivity index (χ2v) is 6.67. The van der Waals surface area contributed by atoms with E-state index in [1.54, 1.807) is 19.3 Å². The minimum atomic E-state index is -0.685. The standard InChI is InChI=1S/C15H23O3/c1-14(2,3)12(16)10-8-7-9-11(10)13(17)18-15(4,5)6/h7-9,12,16H,1-6H3. The molecule has 1 aliphatic rings. The SMILES string of the molecule is CC(C)(C)OC(=O)[C]1[CH][CH][CH][C]1C(O)C(C)(C)C. The van der Waals surface area contributed by atoms with Crippen molar-refractivity contribution < 1.29 is 14.6 Å². The molecule has 3 nitrogen and oxygen atoms in total. The largest absolute Gasteiger partial charge is 0.459 e. The summed E-state index contributed by atoms with van der Waals surface area (Å²) in [5.74, 6) is 0.704. The molecule has 1 N–H and O–H groups in total. The molecular formula is C15H23O3. The average Bonchev–Trinajstić information content (AvgIpc) is 2.60. The number of carbonyl (C=O) groups is 1. The number of ether oxygens (including phenoxy) is 1. The molecule has 0 aromatic rings. The lowest BCUT2D eigenvalue weighted by molar-refractivity contribution is -0.152. The van der Waals surface area contributed by atoms with Gasteiger partial charge in [0.1, 0.15) is 5.60 Å². The number of hydrogen-bond acceptors (Lipinski definition) is 3. The lowest BCUT2D eigenvalue weighted by Crippen LogP contribution is -2.38. The highest BCUT2D eigenvalue weighted by Gasteiger charge is 2.44. The van der Waals surface area contributed by atoms with E-state index in [2.05, 4.69) is 0 Å². The summed E-state index contributed by atoms with van der Waals surface area (Å²) in [6, 6.07) is 0. The monoisotopic (exact) mass is 251 g/mol. The number of aliphatic hydroxyl groups excluding tert-OH is 1. The van der Waals surface area contributed by atoms with Crippen LogP contribution in [0.2, 0.25) is 0 Å². The van der Waals surface area contributed by atoms with Crippen molar-refractivity contribution in [2.75, 3.05) is 0 Å². The molecule has 1 saturated carbocycles. The van der Waals surface area contributed by atoms with Crippen molar-refractivity contribution in [1.29, 1.82) is 0 Å². The van der Waals surface area contributed by atoms with Gasteiger partial charge in [-0.1, -0.05) is 20.8 Å². The predicted molar refractivity (Wildman–Crippen MR) is 70.7 cm³/mol. The first kappa shape index (κ1) is 15.5. The Morgan fingerprint density at radius 3 is 2.17 bits per heavy atom. The van der Waals surface area contributed by atoms with Crippen LogP contribution >= 0.6 is 0 Å². The van der Waals surface area contributed by atoms with E-state index in [1.165, 1.54) is 0 Å². The molecule has 0 aromatic heterocycles. The zero-order chi connectivity index (χ0) is 14.1. The van der Waals surface area contributed by atoms with Crippen molar-refractivity contribution in [2.45, 2.75) is 53.2 Å². The van der Waals surface area contributed by atoms with Crippen LogP contribution in [0.1, 0.15) is 41.5 Å². The van der Waals surface area contributed by atoms with Crippen LogP contribution in [0.15, 0.2) is 0 Å². The highest BCUT2D eigenvalue weighted by Crippen LogP contribution is 2.42. The molecule has 1 fully saturated rings. The molecule has 1 unspecified atom stereocenters. The quantitative estimate of drug-likeness (QED) is 0.767. The van der Waals surface area contributed by atoms with Crippen LogP contribution in [-0.2, 0) is 9.53 Å². The van der Waals surface area contributed by atoms with Crippen LogP contribution in [0.5, 0.6) is 0 Å². The third-order valence-electron chi connectivity index (χ3n) is 2.58. The van der Waals surface area contributed by atoms with Crippen LogP contribution in [-0.4, -0.2) is 22.8 Å². The van der Waals surface area contributed by atoms with Crippen molar-refractivity contribution in [1.82, 2.24) is 0 Å². The molecule has 0 heterocycles. The first-order chi connectivity index (χ1) is 8.02. The number of carbonyl (C=O) groups excluding carboxylic acids is 1. The molecule has 1 atom stereocenters. The summed E-state index contributed by atoms with van der Waals surface area (Å²) in [4.78, 5) is 12.0. The summed E-state index contributed by atoms with van der Waals surface area (Å²) in [6.07, 6.45) is 4.55. The van der Waals surface area contributed by atoms with E-state index in [9.17, 15) is 9.90 Å². The van der Waals surface area contributed by atoms with Gasteiger partial charge in [-0.3, -0.25) is 4.79 Å². The molecule has 18 heavy (non-hydrogen) atoms. The molecule has 0 aliphatic heterocycles. The second-order valence-electron chi connectivity index (χ2n) is 6.67. The topological polar surface area (TPSA) is 46.5 Å². The zero-order valence-corrected chi connectivity index (χ0v) is 12.1. The molecule has 0 aromatic carbocycles. The Hall–Kier alpha value is -0.570. The smallest absolute Gasteiger partial charge is 0.314 e. The van der Waals surface area contributed by atoms with Gasteiger partial charge in [0.2, 0.25) is 0 Å². The average molecular weight is 251 g/mol. The number of aliphatic hydroxyl groups is 1. The molecule has 3 heteroatoms. The molecule has 1 rings (SSSR count). The van der Waals surface area contributed by atoms with Crippen molar-refractivity contribution in [3.8, 4) is 0 Å². The molecule has 5 radical (unpaired) electrons. The Labute approximate surface area is 111 Å². The fraction of sp³-hybridized carbons (Fsp3) is 0.600. The molecule has 0 amide bonds. The van der Waals surface area contributed by atoms with Crippen molar-refractivity contribution in [3.63, 3.8) is 0 Å². The highest BCUT2D eigenvalue weighted by atomic mass is 16.6. The molecular weight excluding hydrogens is 228 g/mol. The second kappa shape index (κ2) is 5.20. The summed E-state index contributed by atoms with van der Waals surface area (Å²) < 4.78 is 5.34. The fourth-order valence-corrected chi connectivity index (χ4v) is 1.66. The molecule has 101 valence electrons. The van der Waals surface area contributed by atoms with Gasteiger partial charge in [-0.25, -0.2) is 0 Å². The number of esters is 1. The summed E-state index contributed by atoms with van der Waals surface area (Å²) in [5, 5.41) is 10.3. The van der Waals surface area contributed by atoms with Gasteiger partial charge in [0.05, 0.1) is 12.0 Å². The molecule has 1 aliphatic carbocycles. The predicted octanol–water partition coefficient (Wildman–Crippen LogP) is 2.51. The molecule has 0 saturated heterocycles. The highest BCUT2D eigenvalue weighted by molar-refractivity contribution is 5.94. The van der Waals surface area contributed by atoms with E-state index in [0.29, 0.717) is 11.8 Å². The van der Waals surface area contributed by atoms with E-state index in [1.807, 2.05) is 41.5 Å². The van der Waals surface area contributed by atoms with Crippen LogP contribution < -0.4 is 0 Å². The van der Waals surface area contributed by atoms with E-state index in [0.717, 1.165) is 0 Å². The number of rotatable bonds is 2. The maximum atomic E-state index is 12.0. The Morgan fingerprint density at radius 1 is 1.17 bits per heavy atom. The Bertz CT molecular complexity index is 296. The van der Waals surface area contributed by atoms with Gasteiger partial charge in [0.25, 0.3) is 0 Å². The van der Waals surface area contributed by atoms with Gasteiger partial charge in [-0.2, -0.15) is 0 Å². The minimum Gasteiger partial charge on any atom is -0.459 e. The van der Waals surface area contributed by atoms with Gasteiger partial charge >= 0.3 is 5.97 Å². The zero-order valence-electron chi connectivity index (χ0n) is 12.1. The normalized spacial score (nSPS) is 21.1. The van der Waals surface area contributed by atoms with Crippen molar-refractivity contribution in [3.05, 3.63) is 31.1 Å². The first-order valence-electron chi connectivity index (χ1n) is 6.19. The minimum absolute atomic E-state index is 0.314. The van der Waals surface area contributed by atoms with Crippen LogP contribution in [0.3, 0.4) is 0 Å². The van der Waals surface area contributed by atoms with Crippen LogP contribution in [0.4, 0.5) is 0 Å². The van der Waals surface area contributed by atoms with E-state index in [4.69, 9.17) is 4.74 Å². The lowest BCUT2D eigenvalue weighted by Gasteiger charge is -2.33. The fourth-order valence-electron chi connectivity index (χ4n) is 1.66. The van der Waals surface area contributed by atoms with E-state index >= 15 is 0 Å². The van der Waals surface area contributed by atoms with Crippen molar-refractivity contribution >= 4 is 5.97 Å². The Morgan fingerprint density at radius 2 is 1.72 bits per heavy atom. The summed E-state index contributed by atoms with van der Waals surface area (Å²) in [6.45, 7) is 11.3. The maximum Gasteiger partial charge on any atom is 0.314 e. The van der Waals surface area contributed by atoms with Gasteiger partial charge in [0.15, 0.2) is 0 Å². The van der Waals surface area contributed by atoms with Crippen LogP contribution in [0.25, 0.3) is 0 Å². The Kier molecular flexibility index (Phi) is 4.47. The van der Waals surface area contributed by atoms with E-state index < -0.39 is 11.7 Å². The maximum absolute atomic E-state index is 12.0. The Balaban J connectivity index is 2.74.